The SMILES string of the molecule is [2H]C(CCCCCC)C(=O)O[C@@H]1C(OC(O)[C@@H](O)[C@@H](O)[C@H](O)CO)O[C@H](C(O)C(=O)CCCCC)[C@](O)(C(=O)CCCCC)[C@@]1(O)C(=O)CCCCC. The lowest BCUT2D eigenvalue weighted by Crippen LogP contribution is -2.82. The van der Waals surface area contributed by atoms with Crippen molar-refractivity contribution >= 4 is 23.3 Å². The second-order valence-electron chi connectivity index (χ2n) is 13.8. The Morgan fingerprint density at radius 2 is 1.17 bits per heavy atom. The van der Waals surface area contributed by atoms with E-state index in [1.54, 1.807) is 0 Å². The average molecular weight is 752 g/mol. The molecule has 0 bridgehead atoms. The Balaban J connectivity index is 4.03. The van der Waals surface area contributed by atoms with Crippen molar-refractivity contribution in [3.05, 3.63) is 0 Å². The van der Waals surface area contributed by atoms with Crippen molar-refractivity contribution in [2.75, 3.05) is 6.61 Å². The first kappa shape index (κ1) is 46.2. The number of carbonyl (C=O) groups excluding carboxylic acids is 4. The van der Waals surface area contributed by atoms with Crippen LogP contribution >= 0.6 is 0 Å². The molecule has 1 heterocycles. The highest BCUT2D eigenvalue weighted by molar-refractivity contribution is 6.01. The highest BCUT2D eigenvalue weighted by Crippen LogP contribution is 2.45. The first-order valence-electron chi connectivity index (χ1n) is 19.6. The van der Waals surface area contributed by atoms with E-state index in [9.17, 15) is 60.0 Å². The molecule has 1 fully saturated rings. The maximum Gasteiger partial charge on any atom is 0.306 e. The normalized spacial score (nSPS) is 27.2. The molecule has 304 valence electrons. The molecule has 0 amide bonds. The second-order valence-corrected chi connectivity index (χ2v) is 13.8. The predicted octanol–water partition coefficient (Wildman–Crippen LogP) is 1.66. The van der Waals surface area contributed by atoms with E-state index in [2.05, 4.69) is 0 Å². The summed E-state index contributed by atoms with van der Waals surface area (Å²) < 4.78 is 25.2. The summed E-state index contributed by atoms with van der Waals surface area (Å²) >= 11 is 0. The van der Waals surface area contributed by atoms with Crippen LogP contribution in [-0.4, -0.2) is 131 Å². The first-order valence-corrected chi connectivity index (χ1v) is 19.0. The molecule has 15 nitrogen and oxygen atoms in total. The third-order valence-corrected chi connectivity index (χ3v) is 9.55. The third kappa shape index (κ3) is 12.8. The quantitative estimate of drug-likeness (QED) is 0.0307. The van der Waals surface area contributed by atoms with Gasteiger partial charge in [0.15, 0.2) is 35.3 Å². The Hall–Kier alpha value is -1.92. The van der Waals surface area contributed by atoms with Gasteiger partial charge in [0.25, 0.3) is 0 Å². The predicted molar refractivity (Wildman–Crippen MR) is 187 cm³/mol. The second kappa shape index (κ2) is 24.5. The van der Waals surface area contributed by atoms with Crippen LogP contribution in [-0.2, 0) is 33.4 Å². The summed E-state index contributed by atoms with van der Waals surface area (Å²) in [5.41, 5.74) is -6.97. The first-order chi connectivity index (χ1) is 25.0. The molecule has 8 N–H and O–H groups in total. The number of hydrogen-bond donors (Lipinski definition) is 8. The Bertz CT molecular complexity index is 1110. The fraction of sp³-hybridized carbons (Fsp3) is 0.892. The van der Waals surface area contributed by atoms with E-state index in [0.717, 1.165) is 12.8 Å². The van der Waals surface area contributed by atoms with Crippen molar-refractivity contribution in [1.29, 1.82) is 0 Å². The van der Waals surface area contributed by atoms with Crippen LogP contribution in [0.4, 0.5) is 0 Å². The minimum atomic E-state index is -3.52. The van der Waals surface area contributed by atoms with Crippen LogP contribution in [0, 0.1) is 0 Å². The van der Waals surface area contributed by atoms with Crippen LogP contribution in [0.2, 0.25) is 0 Å². The number of aliphatic hydroxyl groups is 8. The molecule has 0 saturated carbocycles. The average Bonchev–Trinajstić information content (AvgIpc) is 3.14. The van der Waals surface area contributed by atoms with Gasteiger partial charge in [0.2, 0.25) is 11.9 Å². The van der Waals surface area contributed by atoms with Crippen molar-refractivity contribution in [1.82, 2.24) is 0 Å². The molecular weight excluding hydrogens is 684 g/mol. The van der Waals surface area contributed by atoms with E-state index < -0.39 is 110 Å². The minimum absolute atomic E-state index is 0.0127. The van der Waals surface area contributed by atoms with E-state index in [4.69, 9.17) is 15.6 Å². The molecule has 11 atom stereocenters. The van der Waals surface area contributed by atoms with Gasteiger partial charge < -0.3 is 55.1 Å². The number of aliphatic hydroxyl groups excluding tert-OH is 6. The van der Waals surface area contributed by atoms with Crippen LogP contribution in [0.3, 0.4) is 0 Å². The fourth-order valence-corrected chi connectivity index (χ4v) is 6.24. The van der Waals surface area contributed by atoms with E-state index in [1.807, 2.05) is 27.7 Å². The van der Waals surface area contributed by atoms with Crippen LogP contribution in [0.1, 0.15) is 145 Å². The highest BCUT2D eigenvalue weighted by atomic mass is 16.8. The summed E-state index contributed by atoms with van der Waals surface area (Å²) in [6.07, 6.45) is -15.1. The number of hydrogen-bond acceptors (Lipinski definition) is 15. The van der Waals surface area contributed by atoms with Gasteiger partial charge in [-0.1, -0.05) is 91.9 Å². The minimum Gasteiger partial charge on any atom is -0.453 e. The zero-order valence-corrected chi connectivity index (χ0v) is 31.4. The number of ether oxygens (including phenoxy) is 3. The molecule has 52 heavy (non-hydrogen) atoms. The van der Waals surface area contributed by atoms with Crippen LogP contribution in [0.5, 0.6) is 0 Å². The van der Waals surface area contributed by atoms with Gasteiger partial charge in [0, 0.05) is 27.0 Å². The lowest BCUT2D eigenvalue weighted by atomic mass is 9.64. The number of ketones is 3. The number of unbranched alkanes of at least 4 members (excludes halogenated alkanes) is 9. The largest absolute Gasteiger partial charge is 0.453 e. The van der Waals surface area contributed by atoms with Gasteiger partial charge in [-0.2, -0.15) is 0 Å². The van der Waals surface area contributed by atoms with Gasteiger partial charge in [-0.15, -0.1) is 0 Å². The summed E-state index contributed by atoms with van der Waals surface area (Å²) in [6.45, 7) is 6.45. The number of Topliss-reactive ketones (excluding diaryl/α,β-unsaturated/α-hetero) is 3. The van der Waals surface area contributed by atoms with Gasteiger partial charge in [0.1, 0.15) is 30.5 Å². The Morgan fingerprint density at radius 1 is 0.692 bits per heavy atom. The lowest BCUT2D eigenvalue weighted by molar-refractivity contribution is -0.378. The molecule has 0 aromatic heterocycles. The van der Waals surface area contributed by atoms with E-state index >= 15 is 0 Å². The van der Waals surface area contributed by atoms with Crippen molar-refractivity contribution in [2.45, 2.75) is 204 Å². The van der Waals surface area contributed by atoms with Gasteiger partial charge in [-0.05, 0) is 25.7 Å². The van der Waals surface area contributed by atoms with E-state index in [-0.39, 0.29) is 25.7 Å². The molecule has 0 aliphatic carbocycles. The van der Waals surface area contributed by atoms with Gasteiger partial charge in [0.05, 0.1) is 6.61 Å². The molecule has 0 radical (unpaired) electrons. The third-order valence-electron chi connectivity index (χ3n) is 9.55. The number of esters is 1. The molecule has 1 saturated heterocycles. The summed E-state index contributed by atoms with van der Waals surface area (Å²) in [4.78, 5) is 55.3. The topological polar surface area (TPSA) is 258 Å². The van der Waals surface area contributed by atoms with Crippen LogP contribution < -0.4 is 0 Å². The molecule has 0 spiro atoms. The zero-order chi connectivity index (χ0) is 40.4. The van der Waals surface area contributed by atoms with Crippen molar-refractivity contribution < 1.29 is 75.6 Å². The smallest absolute Gasteiger partial charge is 0.306 e. The Morgan fingerprint density at radius 3 is 1.69 bits per heavy atom. The summed E-state index contributed by atoms with van der Waals surface area (Å²) in [5.74, 6) is -4.73. The molecular formula is C37H66O15. The van der Waals surface area contributed by atoms with Gasteiger partial charge in [-0.3, -0.25) is 19.2 Å². The summed E-state index contributed by atoms with van der Waals surface area (Å²) in [5, 5.41) is 87.5. The zero-order valence-electron chi connectivity index (χ0n) is 32.4. The maximum atomic E-state index is 14.3. The maximum absolute atomic E-state index is 14.3. The summed E-state index contributed by atoms with van der Waals surface area (Å²) in [6, 6.07) is 0. The Labute approximate surface area is 309 Å². The standard InChI is InChI=1S/C37H66O15/c1-5-9-13-14-18-22-28(43)50-33-35(52-34(47)31(46)29(44)25(40)23-38)51-32(30(45)24(39)19-15-10-6-2)36(48,26(41)20-16-11-7-3)37(33,49)27(42)21-17-12-8-4/h25,29-35,38,40,44-49H,5-23H2,1-4H3/t25-,29+,30?,31+,32-,33-,34?,35?,36-,37-/m1/s1/i22D/t22?,25-,29+,30?,31+,32-,33-,34?,35?,36-,37-. The fourth-order valence-electron chi connectivity index (χ4n) is 6.24. The highest BCUT2D eigenvalue weighted by Gasteiger charge is 2.74. The molecule has 1 aliphatic heterocycles. The number of carbonyl (C=O) groups is 4. The van der Waals surface area contributed by atoms with Crippen LogP contribution in [0.15, 0.2) is 0 Å². The van der Waals surface area contributed by atoms with Crippen LogP contribution in [0.25, 0.3) is 0 Å². The molecule has 0 aromatic carbocycles. The van der Waals surface area contributed by atoms with Crippen molar-refractivity contribution in [3.8, 4) is 0 Å². The van der Waals surface area contributed by atoms with Gasteiger partial charge >= 0.3 is 5.97 Å². The lowest BCUT2D eigenvalue weighted by Gasteiger charge is -2.55. The number of rotatable bonds is 29. The van der Waals surface area contributed by atoms with Crippen molar-refractivity contribution in [2.24, 2.45) is 0 Å². The Kier molecular flexibility index (Phi) is 21.8. The summed E-state index contributed by atoms with van der Waals surface area (Å²) in [7, 11) is 0. The monoisotopic (exact) mass is 751 g/mol. The van der Waals surface area contributed by atoms with Gasteiger partial charge in [-0.25, -0.2) is 0 Å². The van der Waals surface area contributed by atoms with E-state index in [1.165, 1.54) is 0 Å². The van der Waals surface area contributed by atoms with Crippen molar-refractivity contribution in [3.63, 3.8) is 0 Å². The molecule has 0 aromatic rings. The molecule has 1 rings (SSSR count). The molecule has 4 unspecified atom stereocenters. The van der Waals surface area contributed by atoms with E-state index in [0.29, 0.717) is 57.8 Å². The molecule has 1 aliphatic rings. The molecule has 15 heteroatoms.